The van der Waals surface area contributed by atoms with E-state index in [1.165, 1.54) is 12.8 Å². The molecule has 4 rings (SSSR count). The number of urea groups is 1. The average Bonchev–Trinajstić information content (AvgIpc) is 3.11. The first-order valence-corrected chi connectivity index (χ1v) is 11.7. The predicted molar refractivity (Wildman–Crippen MR) is 130 cm³/mol. The lowest BCUT2D eigenvalue weighted by molar-refractivity contribution is 0.0805. The Hall–Kier alpha value is -3.24. The lowest BCUT2D eigenvalue weighted by Crippen LogP contribution is -2.54. The Labute approximate surface area is 196 Å². The Morgan fingerprint density at radius 2 is 1.73 bits per heavy atom. The summed E-state index contributed by atoms with van der Waals surface area (Å²) in [5.41, 5.74) is 2.52. The Kier molecular flexibility index (Phi) is 7.36. The van der Waals surface area contributed by atoms with Crippen molar-refractivity contribution >= 4 is 17.4 Å². The third-order valence-electron chi connectivity index (χ3n) is 6.96. The van der Waals surface area contributed by atoms with Crippen molar-refractivity contribution < 1.29 is 9.53 Å². The fourth-order valence-electron chi connectivity index (χ4n) is 5.33. The van der Waals surface area contributed by atoms with Gasteiger partial charge in [0, 0.05) is 44.1 Å². The molecule has 0 radical (unpaired) electrons. The third kappa shape index (κ3) is 5.58. The minimum atomic E-state index is -0.0397. The molecule has 2 aliphatic rings. The Bertz CT molecular complexity index is 956. The molecule has 2 atom stereocenters. The van der Waals surface area contributed by atoms with Crippen LogP contribution in [0.2, 0.25) is 0 Å². The Morgan fingerprint density at radius 1 is 1.09 bits per heavy atom. The lowest BCUT2D eigenvalue weighted by Gasteiger charge is -2.42. The van der Waals surface area contributed by atoms with Gasteiger partial charge >= 0.3 is 6.03 Å². The van der Waals surface area contributed by atoms with Crippen LogP contribution in [0.3, 0.4) is 0 Å². The summed E-state index contributed by atoms with van der Waals surface area (Å²) in [6.07, 6.45) is 3.45. The maximum atomic E-state index is 12.9. The Balaban J connectivity index is 1.23. The maximum absolute atomic E-state index is 12.9. The molecule has 2 amide bonds. The number of amides is 2. The van der Waals surface area contributed by atoms with E-state index in [2.05, 4.69) is 21.6 Å². The SMILES string of the molecule is COc1ccc(NC(=O)N(C)C2C3CCC2CN(CCCNc2ccc(C#N)cc2)C3)cc1. The highest BCUT2D eigenvalue weighted by atomic mass is 16.5. The minimum absolute atomic E-state index is 0.0397. The molecule has 1 aliphatic heterocycles. The van der Waals surface area contributed by atoms with Gasteiger partial charge < -0.3 is 25.2 Å². The Morgan fingerprint density at radius 3 is 2.33 bits per heavy atom. The molecule has 1 aliphatic carbocycles. The van der Waals surface area contributed by atoms with Crippen LogP contribution < -0.4 is 15.4 Å². The molecule has 0 aromatic heterocycles. The molecule has 0 spiro atoms. The first-order valence-electron chi connectivity index (χ1n) is 11.7. The van der Waals surface area contributed by atoms with E-state index in [0.29, 0.717) is 23.4 Å². The largest absolute Gasteiger partial charge is 0.497 e. The average molecular weight is 448 g/mol. The number of rotatable bonds is 8. The van der Waals surface area contributed by atoms with Crippen molar-refractivity contribution in [1.82, 2.24) is 9.80 Å². The molecule has 33 heavy (non-hydrogen) atoms. The van der Waals surface area contributed by atoms with Crippen molar-refractivity contribution in [3.8, 4) is 11.8 Å². The summed E-state index contributed by atoms with van der Waals surface area (Å²) in [4.78, 5) is 17.4. The highest BCUT2D eigenvalue weighted by Crippen LogP contribution is 2.39. The second kappa shape index (κ2) is 10.6. The van der Waals surface area contributed by atoms with E-state index in [1.54, 1.807) is 7.11 Å². The summed E-state index contributed by atoms with van der Waals surface area (Å²) in [5, 5.41) is 15.4. The van der Waals surface area contributed by atoms with Crippen LogP contribution in [0, 0.1) is 23.2 Å². The molecular formula is C26H33N5O2. The highest BCUT2D eigenvalue weighted by molar-refractivity contribution is 5.89. The summed E-state index contributed by atoms with van der Waals surface area (Å²) >= 11 is 0. The first kappa shape index (κ1) is 22.9. The number of nitrogens with one attached hydrogen (secondary N) is 2. The van der Waals surface area contributed by atoms with Gasteiger partial charge in [-0.3, -0.25) is 0 Å². The van der Waals surface area contributed by atoms with Gasteiger partial charge in [-0.15, -0.1) is 0 Å². The summed E-state index contributed by atoms with van der Waals surface area (Å²) < 4.78 is 5.19. The van der Waals surface area contributed by atoms with Crippen LogP contribution in [0.15, 0.2) is 48.5 Å². The third-order valence-corrected chi connectivity index (χ3v) is 6.96. The predicted octanol–water partition coefficient (Wildman–Crippen LogP) is 4.24. The molecule has 2 N–H and O–H groups in total. The van der Waals surface area contributed by atoms with Crippen molar-refractivity contribution in [3.63, 3.8) is 0 Å². The number of carbonyl (C=O) groups is 1. The zero-order valence-corrected chi connectivity index (χ0v) is 19.5. The number of likely N-dealkylation sites (tertiary alicyclic amines) is 1. The second-order valence-corrected chi connectivity index (χ2v) is 9.09. The number of anilines is 2. The smallest absolute Gasteiger partial charge is 0.321 e. The molecule has 174 valence electrons. The fourth-order valence-corrected chi connectivity index (χ4v) is 5.33. The van der Waals surface area contributed by atoms with Gasteiger partial charge in [-0.25, -0.2) is 4.79 Å². The van der Waals surface area contributed by atoms with Crippen molar-refractivity contribution in [2.75, 3.05) is 51.0 Å². The molecule has 2 unspecified atom stereocenters. The number of fused-ring (bicyclic) bond motifs is 2. The minimum Gasteiger partial charge on any atom is -0.497 e. The van der Waals surface area contributed by atoms with E-state index in [0.717, 1.165) is 49.7 Å². The number of benzene rings is 2. The number of nitrogens with zero attached hydrogens (tertiary/aromatic N) is 3. The maximum Gasteiger partial charge on any atom is 0.321 e. The van der Waals surface area contributed by atoms with Crippen LogP contribution in [0.25, 0.3) is 0 Å². The monoisotopic (exact) mass is 447 g/mol. The van der Waals surface area contributed by atoms with Crippen LogP contribution in [0.4, 0.5) is 16.2 Å². The van der Waals surface area contributed by atoms with E-state index in [9.17, 15) is 4.79 Å². The number of hydrogen-bond donors (Lipinski definition) is 2. The molecule has 1 saturated carbocycles. The first-order chi connectivity index (χ1) is 16.1. The molecule has 2 bridgehead atoms. The van der Waals surface area contributed by atoms with Crippen molar-refractivity contribution in [2.24, 2.45) is 11.8 Å². The summed E-state index contributed by atoms with van der Waals surface area (Å²) in [7, 11) is 3.57. The molecule has 2 aromatic carbocycles. The van der Waals surface area contributed by atoms with Gasteiger partial charge in [0.15, 0.2) is 0 Å². The number of ether oxygens (including phenoxy) is 1. The van der Waals surface area contributed by atoms with Crippen LogP contribution in [-0.2, 0) is 0 Å². The number of methoxy groups -OCH3 is 1. The zero-order chi connectivity index (χ0) is 23.2. The van der Waals surface area contributed by atoms with Gasteiger partial charge in [-0.05, 0) is 86.2 Å². The topological polar surface area (TPSA) is 80.6 Å². The van der Waals surface area contributed by atoms with Crippen LogP contribution >= 0.6 is 0 Å². The molecule has 2 fully saturated rings. The molecule has 7 nitrogen and oxygen atoms in total. The second-order valence-electron chi connectivity index (χ2n) is 9.09. The van der Waals surface area contributed by atoms with Gasteiger partial charge in [-0.2, -0.15) is 5.26 Å². The van der Waals surface area contributed by atoms with E-state index < -0.39 is 0 Å². The van der Waals surface area contributed by atoms with Gasteiger partial charge in [-0.1, -0.05) is 0 Å². The molecule has 1 saturated heterocycles. The van der Waals surface area contributed by atoms with Crippen molar-refractivity contribution in [1.29, 1.82) is 5.26 Å². The van der Waals surface area contributed by atoms with Crippen molar-refractivity contribution in [3.05, 3.63) is 54.1 Å². The van der Waals surface area contributed by atoms with Crippen LogP contribution in [0.5, 0.6) is 5.75 Å². The number of nitriles is 1. The molecule has 1 heterocycles. The molecular weight excluding hydrogens is 414 g/mol. The number of hydrogen-bond acceptors (Lipinski definition) is 5. The number of piperidine rings is 1. The summed E-state index contributed by atoms with van der Waals surface area (Å²) in [5.74, 6) is 1.84. The van der Waals surface area contributed by atoms with Crippen LogP contribution in [-0.4, -0.2) is 62.2 Å². The lowest BCUT2D eigenvalue weighted by atomic mass is 9.91. The van der Waals surface area contributed by atoms with Gasteiger partial charge in [0.2, 0.25) is 0 Å². The highest BCUT2D eigenvalue weighted by Gasteiger charge is 2.45. The fraction of sp³-hybridized carbons (Fsp3) is 0.462. The van der Waals surface area contributed by atoms with Gasteiger partial charge in [0.05, 0.1) is 18.7 Å². The van der Waals surface area contributed by atoms with Crippen LogP contribution in [0.1, 0.15) is 24.8 Å². The quantitative estimate of drug-likeness (QED) is 0.592. The standard InChI is InChI=1S/C26H33N5O2/c1-30(26(32)29-23-10-12-24(33-2)13-11-23)25-20-6-7-21(25)18-31(17-20)15-3-14-28-22-8-4-19(16-27)5-9-22/h4-5,8-13,20-21,25,28H,3,6-7,14-15,17-18H2,1-2H3,(H,29,32). The molecule has 2 aromatic rings. The summed E-state index contributed by atoms with van der Waals surface area (Å²) in [6.45, 7) is 4.08. The van der Waals surface area contributed by atoms with E-state index in [4.69, 9.17) is 10.00 Å². The van der Waals surface area contributed by atoms with Gasteiger partial charge in [0.1, 0.15) is 5.75 Å². The normalized spacial score (nSPS) is 21.8. The van der Waals surface area contributed by atoms with E-state index >= 15 is 0 Å². The zero-order valence-electron chi connectivity index (χ0n) is 19.5. The van der Waals surface area contributed by atoms with E-state index in [1.807, 2.05) is 60.5 Å². The molecule has 7 heteroatoms. The summed E-state index contributed by atoms with van der Waals surface area (Å²) in [6, 6.07) is 17.4. The number of carbonyl (C=O) groups excluding carboxylic acids is 1. The van der Waals surface area contributed by atoms with Gasteiger partial charge in [0.25, 0.3) is 0 Å². The van der Waals surface area contributed by atoms with E-state index in [-0.39, 0.29) is 6.03 Å². The van der Waals surface area contributed by atoms with Crippen molar-refractivity contribution in [2.45, 2.75) is 25.3 Å².